The summed E-state index contributed by atoms with van der Waals surface area (Å²) in [5, 5.41) is 3.23. The lowest BCUT2D eigenvalue weighted by atomic mass is 10.0. The number of fused-ring (bicyclic) bond motifs is 1. The van der Waals surface area contributed by atoms with Crippen LogP contribution >= 0.6 is 11.6 Å². The van der Waals surface area contributed by atoms with Crippen molar-refractivity contribution in [3.63, 3.8) is 0 Å². The lowest BCUT2D eigenvalue weighted by molar-refractivity contribution is 1.63. The molecule has 0 spiro atoms. The predicted octanol–water partition coefficient (Wildman–Crippen LogP) is 4.96. The Hall–Kier alpha value is -1.79. The molecule has 3 aromatic carbocycles. The van der Waals surface area contributed by atoms with E-state index in [1.54, 1.807) is 0 Å². The summed E-state index contributed by atoms with van der Waals surface area (Å²) < 4.78 is 0. The molecule has 3 aromatic rings. The molecule has 3 rings (SSSR count). The van der Waals surface area contributed by atoms with E-state index in [2.05, 4.69) is 36.4 Å². The molecule has 0 heterocycles. The smallest absolute Gasteiger partial charge is 0.0412 e. The summed E-state index contributed by atoms with van der Waals surface area (Å²) in [5.41, 5.74) is 2.18. The minimum absolute atomic E-state index is 0.743. The van der Waals surface area contributed by atoms with Crippen molar-refractivity contribution in [1.82, 2.24) is 0 Å². The van der Waals surface area contributed by atoms with Gasteiger partial charge in [-0.2, -0.15) is 0 Å². The van der Waals surface area contributed by atoms with Crippen LogP contribution in [0.4, 0.5) is 0 Å². The SMILES string of the molecule is Clc1cc[c]c(-c2ccc3ccccc3c2)c1. The zero-order valence-electron chi connectivity index (χ0n) is 9.15. The van der Waals surface area contributed by atoms with Crippen molar-refractivity contribution in [3.8, 4) is 11.1 Å². The monoisotopic (exact) mass is 237 g/mol. The lowest BCUT2D eigenvalue weighted by Crippen LogP contribution is -1.79. The minimum atomic E-state index is 0.743. The summed E-state index contributed by atoms with van der Waals surface area (Å²) in [7, 11) is 0. The zero-order chi connectivity index (χ0) is 11.7. The molecule has 0 unspecified atom stereocenters. The van der Waals surface area contributed by atoms with Crippen LogP contribution in [0.1, 0.15) is 0 Å². The Morgan fingerprint density at radius 3 is 2.47 bits per heavy atom. The fraction of sp³-hybridized carbons (Fsp3) is 0. The Kier molecular flexibility index (Phi) is 2.58. The highest BCUT2D eigenvalue weighted by molar-refractivity contribution is 6.30. The Balaban J connectivity index is 2.18. The molecule has 81 valence electrons. The molecule has 1 radical (unpaired) electrons. The minimum Gasteiger partial charge on any atom is -0.0843 e. The normalized spacial score (nSPS) is 10.6. The number of hydrogen-bond acceptors (Lipinski definition) is 0. The van der Waals surface area contributed by atoms with Gasteiger partial charge in [0.25, 0.3) is 0 Å². The summed E-state index contributed by atoms with van der Waals surface area (Å²) in [6.07, 6.45) is 0. The maximum atomic E-state index is 5.99. The number of benzene rings is 3. The van der Waals surface area contributed by atoms with Crippen LogP contribution < -0.4 is 0 Å². The van der Waals surface area contributed by atoms with Gasteiger partial charge in [0.05, 0.1) is 0 Å². The van der Waals surface area contributed by atoms with Gasteiger partial charge in [-0.05, 0) is 46.2 Å². The number of halogens is 1. The highest BCUT2D eigenvalue weighted by Gasteiger charge is 2.00. The summed E-state index contributed by atoms with van der Waals surface area (Å²) in [4.78, 5) is 0. The van der Waals surface area contributed by atoms with Crippen molar-refractivity contribution in [3.05, 3.63) is 71.8 Å². The molecular formula is C16H10Cl. The van der Waals surface area contributed by atoms with Crippen molar-refractivity contribution >= 4 is 22.4 Å². The van der Waals surface area contributed by atoms with Gasteiger partial charge in [-0.1, -0.05) is 54.1 Å². The predicted molar refractivity (Wildman–Crippen MR) is 73.2 cm³/mol. The third kappa shape index (κ3) is 2.04. The summed E-state index contributed by atoms with van der Waals surface area (Å²) >= 11 is 5.99. The molecule has 0 nitrogen and oxygen atoms in total. The molecule has 0 fully saturated rings. The molecule has 0 saturated carbocycles. The molecule has 0 atom stereocenters. The van der Waals surface area contributed by atoms with Crippen LogP contribution in [0.3, 0.4) is 0 Å². The fourth-order valence-electron chi connectivity index (χ4n) is 1.96. The van der Waals surface area contributed by atoms with Crippen LogP contribution in [-0.4, -0.2) is 0 Å². The van der Waals surface area contributed by atoms with Crippen LogP contribution in [0.15, 0.2) is 60.7 Å². The standard InChI is InChI=1S/C16H10Cl/c17-16-7-3-6-14(11-16)15-9-8-12-4-1-2-5-13(12)10-15/h1-5,7-11H. The van der Waals surface area contributed by atoms with Crippen molar-refractivity contribution in [2.45, 2.75) is 0 Å². The van der Waals surface area contributed by atoms with E-state index in [4.69, 9.17) is 11.6 Å². The van der Waals surface area contributed by atoms with Crippen molar-refractivity contribution in [2.75, 3.05) is 0 Å². The van der Waals surface area contributed by atoms with Gasteiger partial charge in [0.15, 0.2) is 0 Å². The second-order valence-corrected chi connectivity index (χ2v) is 4.42. The van der Waals surface area contributed by atoms with Crippen LogP contribution in [0.2, 0.25) is 5.02 Å². The highest BCUT2D eigenvalue weighted by atomic mass is 35.5. The molecule has 1 heteroatoms. The van der Waals surface area contributed by atoms with E-state index >= 15 is 0 Å². The summed E-state index contributed by atoms with van der Waals surface area (Å²) in [6, 6.07) is 23.6. The molecular weight excluding hydrogens is 228 g/mol. The van der Waals surface area contributed by atoms with Crippen LogP contribution in [0, 0.1) is 6.07 Å². The van der Waals surface area contributed by atoms with E-state index in [0.29, 0.717) is 0 Å². The van der Waals surface area contributed by atoms with E-state index in [-0.39, 0.29) is 0 Å². The maximum absolute atomic E-state index is 5.99. The van der Waals surface area contributed by atoms with Gasteiger partial charge < -0.3 is 0 Å². The number of hydrogen-bond donors (Lipinski definition) is 0. The van der Waals surface area contributed by atoms with Crippen LogP contribution in [-0.2, 0) is 0 Å². The quantitative estimate of drug-likeness (QED) is 0.561. The van der Waals surface area contributed by atoms with E-state index in [1.165, 1.54) is 10.8 Å². The maximum Gasteiger partial charge on any atom is 0.0412 e. The molecule has 0 aliphatic carbocycles. The van der Waals surface area contributed by atoms with Gasteiger partial charge in [-0.3, -0.25) is 0 Å². The second-order valence-electron chi connectivity index (χ2n) is 3.98. The third-order valence-corrected chi connectivity index (χ3v) is 3.06. The topological polar surface area (TPSA) is 0 Å². The number of rotatable bonds is 1. The van der Waals surface area contributed by atoms with Crippen molar-refractivity contribution in [2.24, 2.45) is 0 Å². The van der Waals surface area contributed by atoms with Crippen LogP contribution in [0.5, 0.6) is 0 Å². The van der Waals surface area contributed by atoms with Gasteiger partial charge >= 0.3 is 0 Å². The average Bonchev–Trinajstić information content (AvgIpc) is 2.38. The van der Waals surface area contributed by atoms with E-state index in [9.17, 15) is 0 Å². The van der Waals surface area contributed by atoms with Gasteiger partial charge in [-0.25, -0.2) is 0 Å². The Morgan fingerprint density at radius 2 is 1.65 bits per heavy atom. The van der Waals surface area contributed by atoms with Gasteiger partial charge in [-0.15, -0.1) is 0 Å². The molecule has 0 aromatic heterocycles. The molecule has 0 aliphatic rings. The largest absolute Gasteiger partial charge is 0.0843 e. The third-order valence-electron chi connectivity index (χ3n) is 2.82. The van der Waals surface area contributed by atoms with E-state index in [1.807, 2.05) is 30.3 Å². The van der Waals surface area contributed by atoms with Gasteiger partial charge in [0, 0.05) is 5.02 Å². The lowest BCUT2D eigenvalue weighted by Gasteiger charge is -2.04. The molecule has 17 heavy (non-hydrogen) atoms. The molecule has 0 aliphatic heterocycles. The Labute approximate surface area is 105 Å². The van der Waals surface area contributed by atoms with Gasteiger partial charge in [0.1, 0.15) is 0 Å². The van der Waals surface area contributed by atoms with Gasteiger partial charge in [0.2, 0.25) is 0 Å². The zero-order valence-corrected chi connectivity index (χ0v) is 9.91. The fourth-order valence-corrected chi connectivity index (χ4v) is 2.13. The summed E-state index contributed by atoms with van der Waals surface area (Å²) in [6.45, 7) is 0. The average molecular weight is 238 g/mol. The van der Waals surface area contributed by atoms with E-state index < -0.39 is 0 Å². The first kappa shape index (κ1) is 10.4. The molecule has 0 amide bonds. The van der Waals surface area contributed by atoms with Crippen LogP contribution in [0.25, 0.3) is 21.9 Å². The highest BCUT2D eigenvalue weighted by Crippen LogP contribution is 2.25. The Morgan fingerprint density at radius 1 is 0.824 bits per heavy atom. The molecule has 0 N–H and O–H groups in total. The molecule has 0 bridgehead atoms. The van der Waals surface area contributed by atoms with Crippen molar-refractivity contribution < 1.29 is 0 Å². The first-order chi connectivity index (χ1) is 8.33. The summed E-state index contributed by atoms with van der Waals surface area (Å²) in [5.74, 6) is 0. The van der Waals surface area contributed by atoms with E-state index in [0.717, 1.165) is 16.1 Å². The van der Waals surface area contributed by atoms with Crippen molar-refractivity contribution in [1.29, 1.82) is 0 Å². The first-order valence-corrected chi connectivity index (χ1v) is 5.87. The second kappa shape index (κ2) is 4.23. The Bertz CT molecular complexity index is 671. The molecule has 0 saturated heterocycles. The first-order valence-electron chi connectivity index (χ1n) is 5.49.